The van der Waals surface area contributed by atoms with Gasteiger partial charge >= 0.3 is 6.61 Å². The van der Waals surface area contributed by atoms with Crippen LogP contribution in [0.4, 0.5) is 8.78 Å². The number of benzene rings is 1. The maximum atomic E-state index is 12.1. The Balaban J connectivity index is 2.91. The molecule has 1 rings (SSSR count). The maximum Gasteiger partial charge on any atom is 0.387 e. The molecule has 0 aromatic heterocycles. The van der Waals surface area contributed by atoms with E-state index in [0.29, 0.717) is 5.56 Å². The molecule has 0 heterocycles. The Morgan fingerprint density at radius 2 is 2.11 bits per heavy atom. The van der Waals surface area contributed by atoms with Gasteiger partial charge in [-0.3, -0.25) is 4.79 Å². The van der Waals surface area contributed by atoms with Crippen molar-refractivity contribution in [2.75, 3.05) is 14.2 Å². The van der Waals surface area contributed by atoms with Crippen LogP contribution >= 0.6 is 0 Å². The summed E-state index contributed by atoms with van der Waals surface area (Å²) in [7, 11) is 2.85. The molecule has 98 valence electrons. The summed E-state index contributed by atoms with van der Waals surface area (Å²) in [4.78, 5) is 11.0. The number of ether oxygens (including phenoxy) is 2. The summed E-state index contributed by atoms with van der Waals surface area (Å²) >= 11 is 0. The molecule has 0 aliphatic carbocycles. The van der Waals surface area contributed by atoms with Crippen LogP contribution in [0.1, 0.15) is 5.56 Å². The van der Waals surface area contributed by atoms with Crippen molar-refractivity contribution in [1.29, 1.82) is 0 Å². The van der Waals surface area contributed by atoms with Crippen LogP contribution in [0.5, 0.6) is 11.5 Å². The zero-order valence-corrected chi connectivity index (χ0v) is 9.94. The summed E-state index contributed by atoms with van der Waals surface area (Å²) in [6.45, 7) is -2.91. The summed E-state index contributed by atoms with van der Waals surface area (Å²) in [5, 5.41) is 2.42. The number of hydrogen-bond donors (Lipinski definition) is 1. The third kappa shape index (κ3) is 4.04. The molecule has 0 saturated carbocycles. The monoisotopic (exact) mass is 257 g/mol. The normalized spacial score (nSPS) is 10.7. The van der Waals surface area contributed by atoms with Gasteiger partial charge in [0.25, 0.3) is 0 Å². The van der Waals surface area contributed by atoms with Crippen LogP contribution in [0.15, 0.2) is 24.3 Å². The van der Waals surface area contributed by atoms with E-state index in [1.807, 2.05) is 0 Å². The first-order valence-corrected chi connectivity index (χ1v) is 5.09. The number of nitrogens with one attached hydrogen (secondary N) is 1. The number of likely N-dealkylation sites (N-methyl/N-ethyl adjacent to an activating group) is 1. The summed E-state index contributed by atoms with van der Waals surface area (Å²) < 4.78 is 33.4. The smallest absolute Gasteiger partial charge is 0.387 e. The third-order valence-electron chi connectivity index (χ3n) is 2.08. The zero-order chi connectivity index (χ0) is 13.5. The van der Waals surface area contributed by atoms with Crippen molar-refractivity contribution in [2.45, 2.75) is 6.61 Å². The fourth-order valence-corrected chi connectivity index (χ4v) is 1.24. The molecule has 0 saturated heterocycles. The summed E-state index contributed by atoms with van der Waals surface area (Å²) in [6.07, 6.45) is 2.86. The Kier molecular flexibility index (Phi) is 5.10. The van der Waals surface area contributed by atoms with E-state index in [9.17, 15) is 13.6 Å². The third-order valence-corrected chi connectivity index (χ3v) is 2.08. The Labute approximate surface area is 103 Å². The van der Waals surface area contributed by atoms with Crippen molar-refractivity contribution in [1.82, 2.24) is 5.32 Å². The fourth-order valence-electron chi connectivity index (χ4n) is 1.24. The molecule has 1 aromatic carbocycles. The van der Waals surface area contributed by atoms with Crippen molar-refractivity contribution in [3.05, 3.63) is 29.8 Å². The lowest BCUT2D eigenvalue weighted by atomic mass is 10.2. The van der Waals surface area contributed by atoms with Gasteiger partial charge < -0.3 is 14.8 Å². The molecule has 4 nitrogen and oxygen atoms in total. The predicted molar refractivity (Wildman–Crippen MR) is 62.7 cm³/mol. The minimum Gasteiger partial charge on any atom is -0.493 e. The summed E-state index contributed by atoms with van der Waals surface area (Å²) in [6, 6.07) is 4.39. The van der Waals surface area contributed by atoms with Crippen LogP contribution in [0, 0.1) is 0 Å². The lowest BCUT2D eigenvalue weighted by Crippen LogP contribution is -2.13. The maximum absolute atomic E-state index is 12.1. The number of carbonyl (C=O) groups excluding carboxylic acids is 1. The van der Waals surface area contributed by atoms with Crippen molar-refractivity contribution in [3.63, 3.8) is 0 Å². The van der Waals surface area contributed by atoms with Gasteiger partial charge in [-0.25, -0.2) is 0 Å². The van der Waals surface area contributed by atoms with Crippen molar-refractivity contribution in [2.24, 2.45) is 0 Å². The highest BCUT2D eigenvalue weighted by Crippen LogP contribution is 2.29. The highest BCUT2D eigenvalue weighted by molar-refractivity contribution is 5.91. The Bertz CT molecular complexity index is 447. The molecule has 6 heteroatoms. The van der Waals surface area contributed by atoms with E-state index >= 15 is 0 Å². The number of amides is 1. The largest absolute Gasteiger partial charge is 0.493 e. The quantitative estimate of drug-likeness (QED) is 0.821. The van der Waals surface area contributed by atoms with Crippen LogP contribution in [0.3, 0.4) is 0 Å². The molecule has 0 aliphatic heterocycles. The van der Waals surface area contributed by atoms with Gasteiger partial charge in [0.05, 0.1) is 7.11 Å². The van der Waals surface area contributed by atoms with Gasteiger partial charge in [-0.15, -0.1) is 0 Å². The van der Waals surface area contributed by atoms with Crippen LogP contribution in [0.25, 0.3) is 6.08 Å². The second-order valence-electron chi connectivity index (χ2n) is 3.24. The van der Waals surface area contributed by atoms with Crippen molar-refractivity contribution < 1.29 is 23.0 Å². The highest BCUT2D eigenvalue weighted by Gasteiger charge is 2.10. The Morgan fingerprint density at radius 1 is 1.39 bits per heavy atom. The molecule has 0 radical (unpaired) electrons. The lowest BCUT2D eigenvalue weighted by molar-refractivity contribution is -0.115. The van der Waals surface area contributed by atoms with E-state index in [2.05, 4.69) is 10.1 Å². The molecule has 1 aromatic rings. The number of methoxy groups -OCH3 is 1. The molecule has 0 atom stereocenters. The highest BCUT2D eigenvalue weighted by atomic mass is 19.3. The van der Waals surface area contributed by atoms with Gasteiger partial charge in [0, 0.05) is 13.1 Å². The van der Waals surface area contributed by atoms with Gasteiger partial charge in [-0.1, -0.05) is 6.07 Å². The molecule has 18 heavy (non-hydrogen) atoms. The first-order valence-electron chi connectivity index (χ1n) is 5.09. The molecule has 0 bridgehead atoms. The van der Waals surface area contributed by atoms with Gasteiger partial charge in [-0.2, -0.15) is 8.78 Å². The fraction of sp³-hybridized carbons (Fsp3) is 0.250. The average molecular weight is 257 g/mol. The van der Waals surface area contributed by atoms with Gasteiger partial charge in [0.2, 0.25) is 5.91 Å². The average Bonchev–Trinajstić information content (AvgIpc) is 2.36. The van der Waals surface area contributed by atoms with E-state index in [0.717, 1.165) is 0 Å². The number of carbonyl (C=O) groups is 1. The van der Waals surface area contributed by atoms with E-state index < -0.39 is 6.61 Å². The molecular formula is C12H13F2NO3. The number of hydrogen-bond acceptors (Lipinski definition) is 3. The summed E-state index contributed by atoms with van der Waals surface area (Å²) in [5.41, 5.74) is 0.636. The van der Waals surface area contributed by atoms with Crippen LogP contribution < -0.4 is 14.8 Å². The predicted octanol–water partition coefficient (Wildman–Crippen LogP) is 2.06. The Hall–Kier alpha value is -2.11. The van der Waals surface area contributed by atoms with E-state index in [-0.39, 0.29) is 17.4 Å². The van der Waals surface area contributed by atoms with Crippen LogP contribution in [-0.4, -0.2) is 26.7 Å². The summed E-state index contributed by atoms with van der Waals surface area (Å²) in [5.74, 6) is -0.138. The first kappa shape index (κ1) is 14.0. The van der Waals surface area contributed by atoms with Gasteiger partial charge in [0.15, 0.2) is 11.5 Å². The second kappa shape index (κ2) is 6.58. The van der Waals surface area contributed by atoms with Gasteiger partial charge in [-0.05, 0) is 23.8 Å². The molecular weight excluding hydrogens is 244 g/mol. The second-order valence-corrected chi connectivity index (χ2v) is 3.24. The van der Waals surface area contributed by atoms with Gasteiger partial charge in [0.1, 0.15) is 0 Å². The minimum atomic E-state index is -2.91. The van der Waals surface area contributed by atoms with E-state index in [1.165, 1.54) is 38.4 Å². The molecule has 1 amide bonds. The molecule has 0 aliphatic rings. The number of rotatable bonds is 5. The molecule has 1 N–H and O–H groups in total. The molecule has 0 spiro atoms. The lowest BCUT2D eigenvalue weighted by Gasteiger charge is -2.10. The number of alkyl halides is 2. The van der Waals surface area contributed by atoms with Crippen LogP contribution in [0.2, 0.25) is 0 Å². The van der Waals surface area contributed by atoms with E-state index in [1.54, 1.807) is 6.07 Å². The van der Waals surface area contributed by atoms with E-state index in [4.69, 9.17) is 4.74 Å². The first-order chi connectivity index (χ1) is 8.56. The molecule has 0 fully saturated rings. The molecule has 0 unspecified atom stereocenters. The SMILES string of the molecule is CNC(=O)/C=C/c1ccc(OC(F)F)c(OC)c1. The zero-order valence-electron chi connectivity index (χ0n) is 9.94. The van der Waals surface area contributed by atoms with Crippen molar-refractivity contribution in [3.8, 4) is 11.5 Å². The minimum absolute atomic E-state index is 0.0513. The Morgan fingerprint density at radius 3 is 2.67 bits per heavy atom. The van der Waals surface area contributed by atoms with Crippen LogP contribution in [-0.2, 0) is 4.79 Å². The standard InChI is InChI=1S/C12H13F2NO3/c1-15-11(16)6-4-8-3-5-9(18-12(13)14)10(7-8)17-2/h3-7,12H,1-2H3,(H,15,16)/b6-4+. The topological polar surface area (TPSA) is 47.6 Å². The van der Waals surface area contributed by atoms with Crippen molar-refractivity contribution >= 4 is 12.0 Å². The number of halogens is 2.